The second-order valence-electron chi connectivity index (χ2n) is 4.84. The highest BCUT2D eigenvalue weighted by Crippen LogP contribution is 2.22. The molecule has 0 aliphatic rings. The van der Waals surface area contributed by atoms with Crippen LogP contribution in [0.5, 0.6) is 5.75 Å². The number of benzene rings is 1. The topological polar surface area (TPSA) is 43.4 Å². The highest BCUT2D eigenvalue weighted by atomic mass is 32.1. The first-order chi connectivity index (χ1) is 10.2. The van der Waals surface area contributed by atoms with Crippen LogP contribution in [0.15, 0.2) is 24.3 Å². The minimum Gasteiger partial charge on any atom is -0.486 e. The Hall–Kier alpha value is -1.43. The maximum atomic E-state index is 5.84. The fraction of sp³-hybridized carbons (Fsp3) is 0.438. The average Bonchev–Trinajstić information content (AvgIpc) is 2.83. The van der Waals surface area contributed by atoms with Gasteiger partial charge in [0.25, 0.3) is 0 Å². The van der Waals surface area contributed by atoms with Gasteiger partial charge in [-0.05, 0) is 25.5 Å². The van der Waals surface area contributed by atoms with Crippen molar-refractivity contribution >= 4 is 11.3 Å². The van der Waals surface area contributed by atoms with E-state index in [1.807, 2.05) is 38.1 Å². The van der Waals surface area contributed by atoms with E-state index in [9.17, 15) is 0 Å². The molecule has 0 atom stereocenters. The van der Waals surface area contributed by atoms with Crippen molar-refractivity contribution in [2.24, 2.45) is 0 Å². The molecule has 0 fully saturated rings. The Balaban J connectivity index is 1.88. The van der Waals surface area contributed by atoms with Gasteiger partial charge in [0, 0.05) is 25.1 Å². The van der Waals surface area contributed by atoms with E-state index in [0.29, 0.717) is 6.61 Å². The molecule has 114 valence electrons. The zero-order valence-corrected chi connectivity index (χ0v) is 13.6. The van der Waals surface area contributed by atoms with E-state index < -0.39 is 0 Å². The molecule has 0 radical (unpaired) electrons. The maximum Gasteiger partial charge on any atom is 0.140 e. The molecule has 0 saturated heterocycles. The second-order valence-corrected chi connectivity index (χ2v) is 6.01. The normalized spacial score (nSPS) is 10.8. The number of aryl methyl sites for hydroxylation is 2. The summed E-state index contributed by atoms with van der Waals surface area (Å²) in [5, 5.41) is 4.36. The van der Waals surface area contributed by atoms with Crippen LogP contribution in [-0.4, -0.2) is 25.2 Å². The van der Waals surface area contributed by atoms with Crippen LogP contribution in [-0.2, 0) is 17.9 Å². The van der Waals surface area contributed by atoms with E-state index in [1.165, 1.54) is 4.88 Å². The van der Waals surface area contributed by atoms with Gasteiger partial charge in [-0.3, -0.25) is 0 Å². The number of thiazole rings is 1. The van der Waals surface area contributed by atoms with E-state index in [4.69, 9.17) is 9.47 Å². The van der Waals surface area contributed by atoms with Crippen LogP contribution < -0.4 is 10.1 Å². The van der Waals surface area contributed by atoms with Crippen molar-refractivity contribution in [1.82, 2.24) is 10.3 Å². The molecular weight excluding hydrogens is 284 g/mol. The molecule has 5 heteroatoms. The predicted octanol–water partition coefficient (Wildman–Crippen LogP) is 3.07. The number of rotatable bonds is 8. The first-order valence-electron chi connectivity index (χ1n) is 7.04. The number of ether oxygens (including phenoxy) is 2. The van der Waals surface area contributed by atoms with Crippen molar-refractivity contribution in [3.63, 3.8) is 0 Å². The van der Waals surface area contributed by atoms with Gasteiger partial charge < -0.3 is 14.8 Å². The largest absolute Gasteiger partial charge is 0.486 e. The Labute approximate surface area is 130 Å². The van der Waals surface area contributed by atoms with Crippen molar-refractivity contribution < 1.29 is 9.47 Å². The number of nitrogens with zero attached hydrogens (tertiary/aromatic N) is 1. The molecule has 0 bridgehead atoms. The second kappa shape index (κ2) is 8.12. The molecule has 1 heterocycles. The molecule has 1 N–H and O–H groups in total. The Morgan fingerprint density at radius 3 is 2.81 bits per heavy atom. The lowest BCUT2D eigenvalue weighted by molar-refractivity contribution is 0.199. The van der Waals surface area contributed by atoms with Crippen molar-refractivity contribution in [3.05, 3.63) is 45.4 Å². The monoisotopic (exact) mass is 306 g/mol. The summed E-state index contributed by atoms with van der Waals surface area (Å²) in [6.45, 7) is 7.02. The molecule has 0 aliphatic carbocycles. The molecule has 4 nitrogen and oxygen atoms in total. The number of nitrogens with one attached hydrogen (secondary N) is 1. The quantitative estimate of drug-likeness (QED) is 0.761. The number of hydrogen-bond donors (Lipinski definition) is 1. The molecule has 2 aromatic rings. The number of methoxy groups -OCH3 is 1. The molecule has 2 rings (SSSR count). The van der Waals surface area contributed by atoms with E-state index in [0.717, 1.165) is 41.7 Å². The van der Waals surface area contributed by atoms with Gasteiger partial charge in [0.15, 0.2) is 0 Å². The third-order valence-electron chi connectivity index (χ3n) is 3.15. The van der Waals surface area contributed by atoms with Crippen LogP contribution in [0.3, 0.4) is 0 Å². The third kappa shape index (κ3) is 4.81. The summed E-state index contributed by atoms with van der Waals surface area (Å²) in [6, 6.07) is 8.04. The van der Waals surface area contributed by atoms with Crippen LogP contribution in [0.2, 0.25) is 0 Å². The summed E-state index contributed by atoms with van der Waals surface area (Å²) in [7, 11) is 1.71. The molecule has 1 aromatic heterocycles. The zero-order chi connectivity index (χ0) is 15.1. The van der Waals surface area contributed by atoms with Crippen LogP contribution in [0, 0.1) is 13.8 Å². The summed E-state index contributed by atoms with van der Waals surface area (Å²) in [5.41, 5.74) is 2.22. The van der Waals surface area contributed by atoms with Crippen LogP contribution in [0.25, 0.3) is 0 Å². The van der Waals surface area contributed by atoms with Gasteiger partial charge in [0.05, 0.1) is 12.3 Å². The number of aromatic nitrogens is 1. The van der Waals surface area contributed by atoms with Gasteiger partial charge >= 0.3 is 0 Å². The smallest absolute Gasteiger partial charge is 0.140 e. The fourth-order valence-electron chi connectivity index (χ4n) is 1.95. The summed E-state index contributed by atoms with van der Waals surface area (Å²) in [4.78, 5) is 5.84. The molecule has 0 spiro atoms. The van der Waals surface area contributed by atoms with Crippen molar-refractivity contribution in [2.45, 2.75) is 27.0 Å². The molecule has 21 heavy (non-hydrogen) atoms. The lowest BCUT2D eigenvalue weighted by Crippen LogP contribution is -2.18. The van der Waals surface area contributed by atoms with E-state index in [1.54, 1.807) is 18.4 Å². The highest BCUT2D eigenvalue weighted by Gasteiger charge is 2.08. The summed E-state index contributed by atoms with van der Waals surface area (Å²) < 4.78 is 10.9. The van der Waals surface area contributed by atoms with E-state index in [2.05, 4.69) is 10.3 Å². The van der Waals surface area contributed by atoms with Crippen molar-refractivity contribution in [3.8, 4) is 5.75 Å². The Morgan fingerprint density at radius 2 is 2.05 bits per heavy atom. The zero-order valence-electron chi connectivity index (χ0n) is 12.8. The predicted molar refractivity (Wildman–Crippen MR) is 85.9 cm³/mol. The maximum absolute atomic E-state index is 5.84. The van der Waals surface area contributed by atoms with Gasteiger partial charge in [-0.1, -0.05) is 18.2 Å². The highest BCUT2D eigenvalue weighted by molar-refractivity contribution is 7.11. The summed E-state index contributed by atoms with van der Waals surface area (Å²) in [6.07, 6.45) is 0. The lowest BCUT2D eigenvalue weighted by Gasteiger charge is -2.06. The first kappa shape index (κ1) is 15.9. The van der Waals surface area contributed by atoms with Crippen LogP contribution in [0.1, 0.15) is 21.1 Å². The number of para-hydroxylation sites is 1. The lowest BCUT2D eigenvalue weighted by atomic mass is 10.2. The Bertz CT molecular complexity index is 569. The van der Waals surface area contributed by atoms with Crippen LogP contribution >= 0.6 is 11.3 Å². The van der Waals surface area contributed by atoms with E-state index >= 15 is 0 Å². The average molecular weight is 306 g/mol. The Kier molecular flexibility index (Phi) is 6.17. The summed E-state index contributed by atoms with van der Waals surface area (Å²) in [5.74, 6) is 0.921. The molecule has 0 unspecified atom stereocenters. The molecular formula is C16H22N2O2S. The Morgan fingerprint density at radius 1 is 1.24 bits per heavy atom. The summed E-state index contributed by atoms with van der Waals surface area (Å²) >= 11 is 1.70. The van der Waals surface area contributed by atoms with Gasteiger partial charge in [-0.15, -0.1) is 11.3 Å². The molecule has 1 aromatic carbocycles. The van der Waals surface area contributed by atoms with Gasteiger partial charge in [-0.2, -0.15) is 0 Å². The van der Waals surface area contributed by atoms with Gasteiger partial charge in [0.2, 0.25) is 0 Å². The minimum atomic E-state index is 0.522. The van der Waals surface area contributed by atoms with Crippen LogP contribution in [0.4, 0.5) is 0 Å². The molecule has 0 amide bonds. The minimum absolute atomic E-state index is 0.522. The first-order valence-corrected chi connectivity index (χ1v) is 7.85. The van der Waals surface area contributed by atoms with Crippen molar-refractivity contribution in [1.29, 1.82) is 0 Å². The van der Waals surface area contributed by atoms with Gasteiger partial charge in [0.1, 0.15) is 17.4 Å². The van der Waals surface area contributed by atoms with Crippen molar-refractivity contribution in [2.75, 3.05) is 20.3 Å². The fourth-order valence-corrected chi connectivity index (χ4v) is 2.90. The van der Waals surface area contributed by atoms with Gasteiger partial charge in [-0.25, -0.2) is 4.98 Å². The standard InChI is InChI=1S/C16H22N2O2S/c1-12-6-4-5-7-14(12)20-11-16-18-13(2)15(21-16)10-17-8-9-19-3/h4-7,17H,8-11H2,1-3H3. The molecule has 0 saturated carbocycles. The van der Waals surface area contributed by atoms with E-state index in [-0.39, 0.29) is 0 Å². The SMILES string of the molecule is COCCNCc1sc(COc2ccccc2C)nc1C. The number of hydrogen-bond acceptors (Lipinski definition) is 5. The third-order valence-corrected chi connectivity index (χ3v) is 4.28. The molecule has 0 aliphatic heterocycles.